The minimum absolute atomic E-state index is 0.0429. The van der Waals surface area contributed by atoms with Crippen LogP contribution in [0.5, 0.6) is 0 Å². The number of carbonyl (C=O) groups is 1. The summed E-state index contributed by atoms with van der Waals surface area (Å²) in [5.74, 6) is -0.0429. The second-order valence-electron chi connectivity index (χ2n) is 13.0. The summed E-state index contributed by atoms with van der Waals surface area (Å²) in [5, 5.41) is 23.0. The summed E-state index contributed by atoms with van der Waals surface area (Å²) in [6.45, 7) is 4.23. The number of aliphatic hydroxyl groups is 2. The van der Waals surface area contributed by atoms with E-state index in [4.69, 9.17) is 0 Å². The van der Waals surface area contributed by atoms with Gasteiger partial charge in [-0.05, 0) is 51.4 Å². The van der Waals surface area contributed by atoms with Crippen molar-refractivity contribution in [2.75, 3.05) is 6.61 Å². The average Bonchev–Trinajstić information content (AvgIpc) is 3.04. The van der Waals surface area contributed by atoms with Gasteiger partial charge in [-0.1, -0.05) is 178 Å². The number of allylic oxidation sites excluding steroid dienone is 8. The quantitative estimate of drug-likeness (QED) is 0.0490. The zero-order valence-corrected chi connectivity index (χ0v) is 29.9. The van der Waals surface area contributed by atoms with Crippen LogP contribution in [0.25, 0.3) is 0 Å². The third kappa shape index (κ3) is 33.5. The van der Waals surface area contributed by atoms with Crippen molar-refractivity contribution in [2.24, 2.45) is 0 Å². The van der Waals surface area contributed by atoms with Gasteiger partial charge in [-0.25, -0.2) is 0 Å². The molecule has 0 aromatic heterocycles. The first-order valence-electron chi connectivity index (χ1n) is 19.3. The molecule has 0 saturated heterocycles. The second kappa shape index (κ2) is 36.8. The number of nitrogens with one attached hydrogen (secondary N) is 1. The van der Waals surface area contributed by atoms with Crippen molar-refractivity contribution in [1.82, 2.24) is 5.32 Å². The highest BCUT2D eigenvalue weighted by Gasteiger charge is 2.19. The molecule has 0 fully saturated rings. The predicted octanol–water partition coefficient (Wildman–Crippen LogP) is 11.6. The molecule has 45 heavy (non-hydrogen) atoms. The molecular formula is C41H75NO3. The lowest BCUT2D eigenvalue weighted by Gasteiger charge is -2.22. The van der Waals surface area contributed by atoms with E-state index in [0.717, 1.165) is 51.4 Å². The smallest absolute Gasteiger partial charge is 0.220 e. The summed E-state index contributed by atoms with van der Waals surface area (Å²) >= 11 is 0. The van der Waals surface area contributed by atoms with Gasteiger partial charge in [-0.15, -0.1) is 0 Å². The van der Waals surface area contributed by atoms with Gasteiger partial charge >= 0.3 is 0 Å². The van der Waals surface area contributed by atoms with Crippen LogP contribution in [-0.2, 0) is 4.79 Å². The summed E-state index contributed by atoms with van der Waals surface area (Å²) < 4.78 is 0. The lowest BCUT2D eigenvalue weighted by Crippen LogP contribution is -2.45. The maximum Gasteiger partial charge on any atom is 0.220 e. The maximum absolute atomic E-state index is 12.3. The Hall–Kier alpha value is -1.65. The first-order valence-corrected chi connectivity index (χ1v) is 19.3. The van der Waals surface area contributed by atoms with Crippen LogP contribution in [0.2, 0.25) is 0 Å². The molecule has 0 bridgehead atoms. The monoisotopic (exact) mass is 630 g/mol. The molecule has 0 heterocycles. The average molecular weight is 630 g/mol. The molecule has 4 nitrogen and oxygen atoms in total. The van der Waals surface area contributed by atoms with Crippen molar-refractivity contribution in [3.8, 4) is 0 Å². The van der Waals surface area contributed by atoms with Gasteiger partial charge in [0.1, 0.15) is 0 Å². The Balaban J connectivity index is 3.58. The molecule has 0 rings (SSSR count). The van der Waals surface area contributed by atoms with E-state index in [1.165, 1.54) is 109 Å². The second-order valence-corrected chi connectivity index (χ2v) is 13.0. The minimum atomic E-state index is -0.662. The summed E-state index contributed by atoms with van der Waals surface area (Å²) in [7, 11) is 0. The fraction of sp³-hybridized carbons (Fsp3) is 0.780. The zero-order valence-electron chi connectivity index (χ0n) is 29.9. The van der Waals surface area contributed by atoms with Crippen LogP contribution in [0.1, 0.15) is 187 Å². The van der Waals surface area contributed by atoms with E-state index in [2.05, 4.69) is 67.8 Å². The summed E-state index contributed by atoms with van der Waals surface area (Å²) in [4.78, 5) is 12.3. The third-order valence-electron chi connectivity index (χ3n) is 8.60. The number of aliphatic hydroxyl groups excluding tert-OH is 2. The molecule has 0 aliphatic carbocycles. The predicted molar refractivity (Wildman–Crippen MR) is 198 cm³/mol. The van der Waals surface area contributed by atoms with Crippen LogP contribution in [0.4, 0.5) is 0 Å². The topological polar surface area (TPSA) is 69.6 Å². The van der Waals surface area contributed by atoms with Crippen molar-refractivity contribution in [1.29, 1.82) is 0 Å². The van der Waals surface area contributed by atoms with Crippen molar-refractivity contribution >= 4 is 5.91 Å². The largest absolute Gasteiger partial charge is 0.394 e. The fourth-order valence-corrected chi connectivity index (χ4v) is 5.64. The molecule has 3 N–H and O–H groups in total. The van der Waals surface area contributed by atoms with Gasteiger partial charge in [0.05, 0.1) is 18.8 Å². The molecule has 1 amide bonds. The Morgan fingerprint density at radius 1 is 0.556 bits per heavy atom. The Labute approximate surface area is 280 Å². The Morgan fingerprint density at radius 2 is 0.978 bits per heavy atom. The number of hydrogen-bond acceptors (Lipinski definition) is 3. The van der Waals surface area contributed by atoms with Crippen LogP contribution >= 0.6 is 0 Å². The molecular weight excluding hydrogens is 554 g/mol. The molecule has 0 aromatic carbocycles. The number of hydrogen-bond donors (Lipinski definition) is 3. The van der Waals surface area contributed by atoms with E-state index < -0.39 is 12.1 Å². The third-order valence-corrected chi connectivity index (χ3v) is 8.60. The van der Waals surface area contributed by atoms with Gasteiger partial charge in [0.15, 0.2) is 0 Å². The van der Waals surface area contributed by atoms with Crippen LogP contribution in [0.15, 0.2) is 48.6 Å². The molecule has 0 aliphatic rings. The Kier molecular flexibility index (Phi) is 35.5. The molecule has 2 unspecified atom stereocenters. The normalized spacial score (nSPS) is 13.6. The van der Waals surface area contributed by atoms with Crippen molar-refractivity contribution < 1.29 is 15.0 Å². The standard InChI is InChI=1S/C41H75NO3/c1-3-5-7-9-11-13-15-17-18-19-20-21-22-23-24-25-27-29-31-33-35-37-41(45)42-39(38-43)40(44)36-34-32-30-28-26-16-14-12-10-8-6-4-2/h5,7,11,13,17-18,20-21,39-40,43-44H,3-4,6,8-10,12,14-16,19,22-38H2,1-2H3,(H,42,45)/b7-5-,13-11-,18-17-,21-20-. The van der Waals surface area contributed by atoms with Crippen LogP contribution in [-0.4, -0.2) is 34.9 Å². The van der Waals surface area contributed by atoms with Gasteiger partial charge < -0.3 is 15.5 Å². The van der Waals surface area contributed by atoms with Crippen LogP contribution < -0.4 is 5.32 Å². The highest BCUT2D eigenvalue weighted by atomic mass is 16.3. The zero-order chi connectivity index (χ0) is 32.9. The molecule has 0 saturated carbocycles. The van der Waals surface area contributed by atoms with E-state index in [9.17, 15) is 15.0 Å². The van der Waals surface area contributed by atoms with Crippen molar-refractivity contribution in [3.63, 3.8) is 0 Å². The molecule has 0 aliphatic heterocycles. The van der Waals surface area contributed by atoms with E-state index >= 15 is 0 Å². The number of unbranched alkanes of at least 4 members (excludes halogenated alkanes) is 19. The Bertz CT molecular complexity index is 726. The summed E-state index contributed by atoms with van der Waals surface area (Å²) in [6.07, 6.45) is 48.8. The van der Waals surface area contributed by atoms with Crippen molar-refractivity contribution in [3.05, 3.63) is 48.6 Å². The van der Waals surface area contributed by atoms with Gasteiger partial charge in [-0.3, -0.25) is 4.79 Å². The first kappa shape index (κ1) is 43.4. The summed E-state index contributed by atoms with van der Waals surface area (Å²) in [6, 6.07) is -0.540. The van der Waals surface area contributed by atoms with Gasteiger partial charge in [0.2, 0.25) is 5.91 Å². The Morgan fingerprint density at radius 3 is 1.47 bits per heavy atom. The molecule has 2 atom stereocenters. The molecule has 0 spiro atoms. The highest BCUT2D eigenvalue weighted by molar-refractivity contribution is 5.76. The van der Waals surface area contributed by atoms with E-state index in [-0.39, 0.29) is 12.5 Å². The number of amides is 1. The fourth-order valence-electron chi connectivity index (χ4n) is 5.64. The lowest BCUT2D eigenvalue weighted by atomic mass is 10.0. The van der Waals surface area contributed by atoms with Crippen LogP contribution in [0, 0.1) is 0 Å². The molecule has 0 radical (unpaired) electrons. The number of rotatable bonds is 34. The van der Waals surface area contributed by atoms with Gasteiger partial charge in [-0.2, -0.15) is 0 Å². The van der Waals surface area contributed by atoms with E-state index in [1.54, 1.807) is 0 Å². The SMILES string of the molecule is CC/C=C\C/C=C\C/C=C\C/C=C\CCCCCCCCCCC(=O)NC(CO)C(O)CCCCCCCCCCCCCC. The molecule has 262 valence electrons. The first-order chi connectivity index (χ1) is 22.2. The molecule has 4 heteroatoms. The summed E-state index contributed by atoms with van der Waals surface area (Å²) in [5.41, 5.74) is 0. The molecule has 0 aromatic rings. The minimum Gasteiger partial charge on any atom is -0.394 e. The van der Waals surface area contributed by atoms with E-state index in [0.29, 0.717) is 12.8 Å². The van der Waals surface area contributed by atoms with Crippen molar-refractivity contribution in [2.45, 2.75) is 199 Å². The highest BCUT2D eigenvalue weighted by Crippen LogP contribution is 2.15. The lowest BCUT2D eigenvalue weighted by molar-refractivity contribution is -0.123. The maximum atomic E-state index is 12.3. The van der Waals surface area contributed by atoms with Gasteiger partial charge in [0.25, 0.3) is 0 Å². The van der Waals surface area contributed by atoms with Crippen LogP contribution in [0.3, 0.4) is 0 Å². The number of carbonyl (C=O) groups excluding carboxylic acids is 1. The van der Waals surface area contributed by atoms with E-state index in [1.807, 2.05) is 0 Å². The van der Waals surface area contributed by atoms with Gasteiger partial charge in [0, 0.05) is 6.42 Å².